The fourth-order valence-corrected chi connectivity index (χ4v) is 2.94. The predicted molar refractivity (Wildman–Crippen MR) is 122 cm³/mol. The fourth-order valence-electron chi connectivity index (χ4n) is 2.94. The number of hydrogen-bond donors (Lipinski definition) is 1. The summed E-state index contributed by atoms with van der Waals surface area (Å²) >= 11 is 0. The van der Waals surface area contributed by atoms with Crippen LogP contribution in [0.4, 0.5) is 16.2 Å². The molecule has 0 fully saturated rings. The van der Waals surface area contributed by atoms with Crippen LogP contribution >= 0.6 is 0 Å². The Morgan fingerprint density at radius 3 is 2.24 bits per heavy atom. The zero-order valence-corrected chi connectivity index (χ0v) is 17.8. The zero-order chi connectivity index (χ0) is 24.0. The molecule has 0 saturated carbocycles. The minimum atomic E-state index is -1.15. The molecule has 0 aliphatic carbocycles. The third-order valence-corrected chi connectivity index (χ3v) is 4.73. The van der Waals surface area contributed by atoms with Crippen molar-refractivity contribution >= 4 is 29.5 Å². The van der Waals surface area contributed by atoms with E-state index in [1.54, 1.807) is 37.4 Å². The maximum Gasteiger partial charge on any atom is 0.419 e. The van der Waals surface area contributed by atoms with Gasteiger partial charge in [-0.05, 0) is 47.0 Å². The maximum atomic E-state index is 12.5. The van der Waals surface area contributed by atoms with E-state index in [4.69, 9.17) is 14.6 Å². The van der Waals surface area contributed by atoms with Crippen molar-refractivity contribution in [2.75, 3.05) is 19.1 Å². The summed E-state index contributed by atoms with van der Waals surface area (Å²) in [5, 5.41) is 19.8. The summed E-state index contributed by atoms with van der Waals surface area (Å²) in [4.78, 5) is 35.1. The molecule has 0 aromatic heterocycles. The van der Waals surface area contributed by atoms with E-state index >= 15 is 0 Å². The number of anilines is 1. The van der Waals surface area contributed by atoms with E-state index in [2.05, 4.69) is 0 Å². The van der Waals surface area contributed by atoms with Crippen LogP contribution in [0.1, 0.15) is 5.56 Å². The summed E-state index contributed by atoms with van der Waals surface area (Å²) in [5.41, 5.74) is 2.84. The van der Waals surface area contributed by atoms with Crippen molar-refractivity contribution in [3.05, 3.63) is 94.2 Å². The second-order valence-corrected chi connectivity index (χ2v) is 6.87. The number of carbonyl (C=O) groups excluding carboxylic acids is 1. The van der Waals surface area contributed by atoms with E-state index in [0.29, 0.717) is 11.3 Å². The van der Waals surface area contributed by atoms with Crippen molar-refractivity contribution in [2.45, 2.75) is 0 Å². The molecule has 9 heteroatoms. The van der Waals surface area contributed by atoms with E-state index in [1.165, 1.54) is 42.4 Å². The van der Waals surface area contributed by atoms with Crippen molar-refractivity contribution in [3.8, 4) is 16.9 Å². The predicted octanol–water partition coefficient (Wildman–Crippen LogP) is 4.97. The van der Waals surface area contributed by atoms with E-state index < -0.39 is 17.0 Å². The number of carbonyl (C=O) groups is 2. The highest BCUT2D eigenvalue weighted by atomic mass is 16.6. The van der Waals surface area contributed by atoms with Gasteiger partial charge >= 0.3 is 12.1 Å². The highest BCUT2D eigenvalue weighted by Gasteiger charge is 2.15. The third-order valence-electron chi connectivity index (χ3n) is 4.73. The van der Waals surface area contributed by atoms with Crippen LogP contribution in [-0.4, -0.2) is 36.2 Å². The first-order valence-electron chi connectivity index (χ1n) is 9.68. The lowest BCUT2D eigenvalue weighted by molar-refractivity contribution is -0.384. The van der Waals surface area contributed by atoms with Gasteiger partial charge in [0.1, 0.15) is 5.75 Å². The second kappa shape index (κ2) is 10.1. The van der Waals surface area contributed by atoms with Crippen molar-refractivity contribution in [3.63, 3.8) is 0 Å². The summed E-state index contributed by atoms with van der Waals surface area (Å²) in [6, 6.07) is 19.6. The number of hydrogen-bond acceptors (Lipinski definition) is 6. The molecule has 168 valence electrons. The Kier molecular flexibility index (Phi) is 7.04. The maximum absolute atomic E-state index is 12.5. The molecule has 3 aromatic rings. The van der Waals surface area contributed by atoms with Gasteiger partial charge in [-0.1, -0.05) is 36.4 Å². The SMILES string of the molecule is COC(=Cc1ccc(-c2cccc(N(C)C(=O)Oc3ccc([N+](=O)[O-])cc3)c2)cc1)C(=O)O. The van der Waals surface area contributed by atoms with E-state index in [-0.39, 0.29) is 17.2 Å². The lowest BCUT2D eigenvalue weighted by Crippen LogP contribution is -2.29. The zero-order valence-electron chi connectivity index (χ0n) is 17.8. The van der Waals surface area contributed by atoms with Gasteiger partial charge in [-0.3, -0.25) is 15.0 Å². The van der Waals surface area contributed by atoms with Crippen LogP contribution in [0.3, 0.4) is 0 Å². The molecule has 3 rings (SSSR count). The first-order valence-corrected chi connectivity index (χ1v) is 9.68. The van der Waals surface area contributed by atoms with Gasteiger partial charge in [0.25, 0.3) is 5.69 Å². The quantitative estimate of drug-likeness (QED) is 0.235. The molecule has 1 N–H and O–H groups in total. The molecule has 0 aliphatic heterocycles. The lowest BCUT2D eigenvalue weighted by atomic mass is 10.0. The summed E-state index contributed by atoms with van der Waals surface area (Å²) in [6.45, 7) is 0. The Balaban J connectivity index is 1.75. The summed E-state index contributed by atoms with van der Waals surface area (Å²) in [6.07, 6.45) is 0.770. The normalized spacial score (nSPS) is 10.9. The summed E-state index contributed by atoms with van der Waals surface area (Å²) in [5.74, 6) is -1.13. The second-order valence-electron chi connectivity index (χ2n) is 6.87. The number of nitrogens with zero attached hydrogens (tertiary/aromatic N) is 2. The number of carboxylic acids is 1. The van der Waals surface area contributed by atoms with Crippen LogP contribution in [0.5, 0.6) is 5.75 Å². The molecule has 9 nitrogen and oxygen atoms in total. The average Bonchev–Trinajstić information content (AvgIpc) is 2.82. The molecule has 0 saturated heterocycles. The molecule has 1 amide bonds. The van der Waals surface area contributed by atoms with Crippen LogP contribution in [-0.2, 0) is 9.53 Å². The topological polar surface area (TPSA) is 119 Å². The van der Waals surface area contributed by atoms with Gasteiger partial charge in [-0.25, -0.2) is 9.59 Å². The van der Waals surface area contributed by atoms with Gasteiger partial charge in [-0.2, -0.15) is 0 Å². The Hall–Kier alpha value is -4.66. The van der Waals surface area contributed by atoms with Crippen LogP contribution < -0.4 is 9.64 Å². The molecule has 0 spiro atoms. The number of methoxy groups -OCH3 is 1. The molecule has 0 aliphatic rings. The van der Waals surface area contributed by atoms with Crippen LogP contribution in [0.15, 0.2) is 78.6 Å². The Labute approximate surface area is 189 Å². The van der Waals surface area contributed by atoms with Crippen LogP contribution in [0, 0.1) is 10.1 Å². The molecule has 0 heterocycles. The highest BCUT2D eigenvalue weighted by molar-refractivity contribution is 5.90. The standard InChI is InChI=1S/C24H20N2O7/c1-25(24(29)33-21-12-10-19(11-13-21)26(30)31)20-5-3-4-18(15-20)17-8-6-16(7-9-17)14-22(32-2)23(27)28/h3-15H,1-2H3,(H,27,28). The number of nitro benzene ring substituents is 1. The molecule has 3 aromatic carbocycles. The highest BCUT2D eigenvalue weighted by Crippen LogP contribution is 2.26. The number of carboxylic acid groups (broad SMARTS) is 1. The van der Waals surface area contributed by atoms with Crippen LogP contribution in [0.2, 0.25) is 0 Å². The first-order chi connectivity index (χ1) is 15.8. The van der Waals surface area contributed by atoms with Gasteiger partial charge in [0.2, 0.25) is 5.76 Å². The Morgan fingerprint density at radius 2 is 1.67 bits per heavy atom. The molecular weight excluding hydrogens is 428 g/mol. The van der Waals surface area contributed by atoms with E-state index in [0.717, 1.165) is 11.1 Å². The Morgan fingerprint density at radius 1 is 1.00 bits per heavy atom. The molecule has 0 radical (unpaired) electrons. The number of ether oxygens (including phenoxy) is 2. The van der Waals surface area contributed by atoms with Crippen molar-refractivity contribution < 1.29 is 29.1 Å². The van der Waals surface area contributed by atoms with Gasteiger partial charge in [0.15, 0.2) is 0 Å². The van der Waals surface area contributed by atoms with Gasteiger partial charge in [-0.15, -0.1) is 0 Å². The summed E-state index contributed by atoms with van der Waals surface area (Å²) in [7, 11) is 2.85. The monoisotopic (exact) mass is 448 g/mol. The third kappa shape index (κ3) is 5.73. The molecular formula is C24H20N2O7. The molecule has 33 heavy (non-hydrogen) atoms. The average molecular weight is 448 g/mol. The summed E-state index contributed by atoms with van der Waals surface area (Å²) < 4.78 is 10.1. The number of nitro groups is 1. The molecule has 0 atom stereocenters. The lowest BCUT2D eigenvalue weighted by Gasteiger charge is -2.18. The fraction of sp³-hybridized carbons (Fsp3) is 0.0833. The Bertz CT molecular complexity index is 1200. The number of amides is 1. The van der Waals surface area contributed by atoms with Gasteiger partial charge in [0.05, 0.1) is 12.0 Å². The van der Waals surface area contributed by atoms with E-state index in [1.807, 2.05) is 18.2 Å². The largest absolute Gasteiger partial charge is 0.490 e. The minimum Gasteiger partial charge on any atom is -0.490 e. The molecule has 0 bridgehead atoms. The molecule has 0 unspecified atom stereocenters. The van der Waals surface area contributed by atoms with Crippen molar-refractivity contribution in [1.82, 2.24) is 0 Å². The van der Waals surface area contributed by atoms with Crippen molar-refractivity contribution in [2.24, 2.45) is 0 Å². The first kappa shape index (κ1) is 23.0. The number of non-ortho nitro benzene ring substituents is 1. The number of aliphatic carboxylic acids is 1. The van der Waals surface area contributed by atoms with E-state index in [9.17, 15) is 19.7 Å². The van der Waals surface area contributed by atoms with Gasteiger partial charge in [0, 0.05) is 24.9 Å². The number of benzene rings is 3. The van der Waals surface area contributed by atoms with Crippen LogP contribution in [0.25, 0.3) is 17.2 Å². The smallest absolute Gasteiger partial charge is 0.419 e. The number of rotatable bonds is 7. The van der Waals surface area contributed by atoms with Crippen molar-refractivity contribution in [1.29, 1.82) is 0 Å². The minimum absolute atomic E-state index is 0.0984. The van der Waals surface area contributed by atoms with Gasteiger partial charge < -0.3 is 14.6 Å².